The first-order chi connectivity index (χ1) is 13.8. The third kappa shape index (κ3) is 4.08. The van der Waals surface area contributed by atoms with Crippen molar-refractivity contribution in [1.82, 2.24) is 24.9 Å². The summed E-state index contributed by atoms with van der Waals surface area (Å²) in [6.07, 6.45) is 7.35. The quantitative estimate of drug-likeness (QED) is 0.785. The lowest BCUT2D eigenvalue weighted by atomic mass is 9.75. The predicted molar refractivity (Wildman–Crippen MR) is 104 cm³/mol. The Balaban J connectivity index is 1.35. The van der Waals surface area contributed by atoms with Gasteiger partial charge in [0.25, 0.3) is 5.91 Å². The van der Waals surface area contributed by atoms with Crippen LogP contribution in [0.3, 0.4) is 0 Å². The van der Waals surface area contributed by atoms with Crippen molar-refractivity contribution < 1.29 is 19.2 Å². The first kappa shape index (κ1) is 20.1. The molecule has 2 saturated heterocycles. The second kappa shape index (κ2) is 7.55. The number of aliphatic hydroxyl groups is 1. The number of hydrogen-bond acceptors (Lipinski definition) is 7. The molecule has 2 aromatic heterocycles. The number of nitrogens with zero attached hydrogens (tertiary/aromatic N) is 4. The molecule has 4 heterocycles. The number of amides is 1. The molecule has 2 fully saturated rings. The maximum Gasteiger partial charge on any atom is 0.256 e. The Morgan fingerprint density at radius 3 is 2.76 bits per heavy atom. The molecule has 0 bridgehead atoms. The summed E-state index contributed by atoms with van der Waals surface area (Å²) in [6.45, 7) is 6.34. The number of aromatic nitrogens is 3. The van der Waals surface area contributed by atoms with E-state index in [1.807, 2.05) is 24.0 Å². The Hall–Kier alpha value is -2.23. The van der Waals surface area contributed by atoms with Crippen LogP contribution in [0.25, 0.3) is 0 Å². The van der Waals surface area contributed by atoms with E-state index in [-0.39, 0.29) is 18.1 Å². The number of likely N-dealkylation sites (tertiary alicyclic amines) is 1. The largest absolute Gasteiger partial charge is 0.388 e. The summed E-state index contributed by atoms with van der Waals surface area (Å²) in [6, 6.07) is -0.486. The highest BCUT2D eigenvalue weighted by Gasteiger charge is 2.49. The number of nitrogens with one attached hydrogen (secondary N) is 1. The Morgan fingerprint density at radius 2 is 2.17 bits per heavy atom. The maximum atomic E-state index is 12.5. The molecule has 2 aromatic rings. The van der Waals surface area contributed by atoms with Crippen molar-refractivity contribution in [2.24, 2.45) is 7.05 Å². The molecular weight excluding hydrogens is 374 g/mol. The fourth-order valence-electron chi connectivity index (χ4n) is 4.40. The van der Waals surface area contributed by atoms with Gasteiger partial charge in [0.2, 0.25) is 0 Å². The molecule has 9 heteroatoms. The summed E-state index contributed by atoms with van der Waals surface area (Å²) >= 11 is 0. The average Bonchev–Trinajstić information content (AvgIpc) is 3.27. The summed E-state index contributed by atoms with van der Waals surface area (Å²) in [5, 5.41) is 17.6. The van der Waals surface area contributed by atoms with Gasteiger partial charge < -0.3 is 24.3 Å². The van der Waals surface area contributed by atoms with E-state index in [0.29, 0.717) is 17.7 Å². The van der Waals surface area contributed by atoms with Gasteiger partial charge in [0.15, 0.2) is 0 Å². The topological polar surface area (TPSA) is 106 Å². The lowest BCUT2D eigenvalue weighted by Crippen LogP contribution is -2.63. The molecule has 0 saturated carbocycles. The zero-order valence-corrected chi connectivity index (χ0v) is 17.2. The van der Waals surface area contributed by atoms with Crippen LogP contribution in [-0.2, 0) is 18.3 Å². The van der Waals surface area contributed by atoms with Gasteiger partial charge >= 0.3 is 0 Å². The lowest BCUT2D eigenvalue weighted by molar-refractivity contribution is -0.186. The zero-order valence-electron chi connectivity index (χ0n) is 17.2. The van der Waals surface area contributed by atoms with Gasteiger partial charge in [0, 0.05) is 39.0 Å². The van der Waals surface area contributed by atoms with Crippen LogP contribution in [0.2, 0.25) is 0 Å². The van der Waals surface area contributed by atoms with Gasteiger partial charge in [-0.3, -0.25) is 9.69 Å². The van der Waals surface area contributed by atoms with Crippen LogP contribution in [0.5, 0.6) is 0 Å². The third-order valence-corrected chi connectivity index (χ3v) is 6.34. The molecule has 2 aliphatic rings. The van der Waals surface area contributed by atoms with E-state index >= 15 is 0 Å². The molecule has 0 aromatic carbocycles. The minimum atomic E-state index is -1.05. The van der Waals surface area contributed by atoms with E-state index in [9.17, 15) is 9.90 Å². The molecule has 1 amide bonds. The summed E-state index contributed by atoms with van der Waals surface area (Å²) in [5.41, 5.74) is -1.03. The first-order valence-corrected chi connectivity index (χ1v) is 10.1. The van der Waals surface area contributed by atoms with Gasteiger partial charge in [0.1, 0.15) is 17.1 Å². The van der Waals surface area contributed by atoms with E-state index < -0.39 is 11.6 Å². The molecule has 2 aliphatic heterocycles. The van der Waals surface area contributed by atoms with Crippen LogP contribution < -0.4 is 5.32 Å². The standard InChI is InChI=1S/C20H29N5O4/c1-14-15(10-22-29-14)18(26)23-16-12-28-20(13-19(16,2)27)4-7-25(8-5-20)11-17-21-6-9-24(17)3/h6,9-10,16,27H,4-5,7-8,11-13H2,1-3H3,(H,23,26)/t16-,19-/m0/s1. The second-order valence-corrected chi connectivity index (χ2v) is 8.58. The van der Waals surface area contributed by atoms with Crippen LogP contribution in [0, 0.1) is 6.92 Å². The van der Waals surface area contributed by atoms with E-state index in [0.717, 1.165) is 38.3 Å². The fraction of sp³-hybridized carbons (Fsp3) is 0.650. The van der Waals surface area contributed by atoms with Crippen molar-refractivity contribution in [3.8, 4) is 0 Å². The van der Waals surface area contributed by atoms with Gasteiger partial charge in [-0.2, -0.15) is 0 Å². The van der Waals surface area contributed by atoms with Gasteiger partial charge in [-0.15, -0.1) is 0 Å². The fourth-order valence-corrected chi connectivity index (χ4v) is 4.40. The highest BCUT2D eigenvalue weighted by molar-refractivity contribution is 5.95. The summed E-state index contributed by atoms with van der Waals surface area (Å²) in [7, 11) is 2.00. The van der Waals surface area contributed by atoms with Crippen LogP contribution >= 0.6 is 0 Å². The molecule has 158 valence electrons. The molecule has 2 N–H and O–H groups in total. The van der Waals surface area contributed by atoms with Crippen LogP contribution in [0.15, 0.2) is 23.1 Å². The minimum Gasteiger partial charge on any atom is -0.388 e. The van der Waals surface area contributed by atoms with Gasteiger partial charge in [-0.1, -0.05) is 5.16 Å². The minimum absolute atomic E-state index is 0.280. The van der Waals surface area contributed by atoms with Crippen LogP contribution in [0.4, 0.5) is 0 Å². The molecule has 1 spiro atoms. The number of carbonyl (C=O) groups is 1. The van der Waals surface area contributed by atoms with Crippen molar-refractivity contribution in [3.63, 3.8) is 0 Å². The summed E-state index contributed by atoms with van der Waals surface area (Å²) < 4.78 is 13.2. The Morgan fingerprint density at radius 1 is 1.41 bits per heavy atom. The highest BCUT2D eigenvalue weighted by Crippen LogP contribution is 2.39. The first-order valence-electron chi connectivity index (χ1n) is 10.1. The van der Waals surface area contributed by atoms with E-state index in [2.05, 4.69) is 20.4 Å². The summed E-state index contributed by atoms with van der Waals surface area (Å²) in [5.74, 6) is 1.19. The SMILES string of the molecule is Cc1oncc1C(=O)N[C@H]1COC2(CCN(Cc3nccn3C)CC2)C[C@]1(C)O. The highest BCUT2D eigenvalue weighted by atomic mass is 16.5. The van der Waals surface area contributed by atoms with Gasteiger partial charge in [0.05, 0.1) is 36.6 Å². The third-order valence-electron chi connectivity index (χ3n) is 6.34. The van der Waals surface area contributed by atoms with Gasteiger partial charge in [-0.25, -0.2) is 4.98 Å². The molecule has 2 atom stereocenters. The zero-order chi connectivity index (χ0) is 20.6. The van der Waals surface area contributed by atoms with Crippen molar-refractivity contribution in [2.45, 2.75) is 56.9 Å². The number of piperidine rings is 1. The Bertz CT molecular complexity index is 866. The number of imidazole rings is 1. The molecule has 0 aliphatic carbocycles. The second-order valence-electron chi connectivity index (χ2n) is 8.58. The van der Waals surface area contributed by atoms with E-state index in [1.54, 1.807) is 13.8 Å². The summed E-state index contributed by atoms with van der Waals surface area (Å²) in [4.78, 5) is 19.2. The Kier molecular flexibility index (Phi) is 5.22. The van der Waals surface area contributed by atoms with Crippen molar-refractivity contribution in [2.75, 3.05) is 19.7 Å². The number of carbonyl (C=O) groups excluding carboxylic acids is 1. The lowest BCUT2D eigenvalue weighted by Gasteiger charge is -2.51. The van der Waals surface area contributed by atoms with Crippen LogP contribution in [0.1, 0.15) is 48.1 Å². The maximum absolute atomic E-state index is 12.5. The number of ether oxygens (including phenoxy) is 1. The van der Waals surface area contributed by atoms with Crippen molar-refractivity contribution in [1.29, 1.82) is 0 Å². The van der Waals surface area contributed by atoms with E-state index in [1.165, 1.54) is 6.20 Å². The Labute approximate surface area is 170 Å². The monoisotopic (exact) mass is 403 g/mol. The van der Waals surface area contributed by atoms with Crippen LogP contribution in [-0.4, -0.2) is 67.6 Å². The predicted octanol–water partition coefficient (Wildman–Crippen LogP) is 1.02. The smallest absolute Gasteiger partial charge is 0.256 e. The number of rotatable bonds is 4. The van der Waals surface area contributed by atoms with E-state index in [4.69, 9.17) is 9.26 Å². The number of hydrogen-bond donors (Lipinski definition) is 2. The van der Waals surface area contributed by atoms with Gasteiger partial charge in [-0.05, 0) is 26.7 Å². The molecule has 29 heavy (non-hydrogen) atoms. The molecule has 4 rings (SSSR count). The number of aryl methyl sites for hydroxylation is 2. The molecule has 0 unspecified atom stereocenters. The molecule has 9 nitrogen and oxygen atoms in total. The molecular formula is C20H29N5O4. The molecule has 0 radical (unpaired) electrons. The normalized spacial score (nSPS) is 27.2. The van der Waals surface area contributed by atoms with Crippen molar-refractivity contribution >= 4 is 5.91 Å². The average molecular weight is 403 g/mol. The van der Waals surface area contributed by atoms with Crippen molar-refractivity contribution in [3.05, 3.63) is 35.7 Å².